The number of carbonyl (C=O) groups is 2. The van der Waals surface area contributed by atoms with Gasteiger partial charge in [0, 0.05) is 12.6 Å². The number of rotatable bonds is 5. The van der Waals surface area contributed by atoms with Crippen molar-refractivity contribution in [3.05, 3.63) is 51.1 Å². The largest absolute Gasteiger partial charge is 0.465 e. The van der Waals surface area contributed by atoms with E-state index in [1.165, 1.54) is 29.4 Å². The molecule has 0 radical (unpaired) electrons. The topological polar surface area (TPSA) is 102 Å². The lowest BCUT2D eigenvalue weighted by Crippen LogP contribution is -2.34. The zero-order valence-electron chi connectivity index (χ0n) is 13.6. The van der Waals surface area contributed by atoms with Crippen LogP contribution in [0.3, 0.4) is 0 Å². The van der Waals surface area contributed by atoms with E-state index in [9.17, 15) is 24.1 Å². The number of thiophene rings is 1. The summed E-state index contributed by atoms with van der Waals surface area (Å²) in [7, 11) is 1.26. The highest BCUT2D eigenvalue weighted by atomic mass is 32.1. The Labute approximate surface area is 151 Å². The lowest BCUT2D eigenvalue weighted by atomic mass is 10.2. The SMILES string of the molecule is COC(=O)c1ccsc1N1CCC(Nc2ccc([N+](=O)[O-])cc2F)C1=O. The van der Waals surface area contributed by atoms with Crippen LogP contribution in [0.1, 0.15) is 16.8 Å². The number of benzene rings is 1. The maximum Gasteiger partial charge on any atom is 0.340 e. The van der Waals surface area contributed by atoms with E-state index < -0.39 is 22.8 Å². The van der Waals surface area contributed by atoms with Crippen LogP contribution in [0, 0.1) is 15.9 Å². The monoisotopic (exact) mass is 379 g/mol. The molecule has 1 aromatic carbocycles. The van der Waals surface area contributed by atoms with Crippen LogP contribution in [0.25, 0.3) is 0 Å². The number of hydrogen-bond donors (Lipinski definition) is 1. The molecule has 26 heavy (non-hydrogen) atoms. The molecule has 1 aromatic heterocycles. The Balaban J connectivity index is 1.77. The van der Waals surface area contributed by atoms with Gasteiger partial charge in [0.15, 0.2) is 5.82 Å². The summed E-state index contributed by atoms with van der Waals surface area (Å²) in [6.45, 7) is 0.357. The molecular formula is C16H14FN3O5S. The standard InChI is InChI=1S/C16H14FN3O5S/c1-25-16(22)10-5-7-26-15(10)19-6-4-13(14(19)21)18-12-3-2-9(20(23)24)8-11(12)17/h2-3,5,7-8,13,18H,4,6H2,1H3. The Hall–Kier alpha value is -3.01. The predicted molar refractivity (Wildman–Crippen MR) is 93.1 cm³/mol. The molecule has 0 aliphatic carbocycles. The predicted octanol–water partition coefficient (Wildman–Crippen LogP) is 2.80. The first kappa shape index (κ1) is 17.8. The van der Waals surface area contributed by atoms with Crippen LogP contribution >= 0.6 is 11.3 Å². The molecule has 1 aliphatic heterocycles. The summed E-state index contributed by atoms with van der Waals surface area (Å²) in [6, 6.07) is 4.08. The molecule has 8 nitrogen and oxygen atoms in total. The summed E-state index contributed by atoms with van der Waals surface area (Å²) in [5.74, 6) is -1.65. The summed E-state index contributed by atoms with van der Waals surface area (Å²) in [4.78, 5) is 35.9. The van der Waals surface area contributed by atoms with Crippen molar-refractivity contribution in [3.8, 4) is 0 Å². The fraction of sp³-hybridized carbons (Fsp3) is 0.250. The summed E-state index contributed by atoms with van der Waals surface area (Å²) >= 11 is 1.24. The molecule has 1 fully saturated rings. The summed E-state index contributed by atoms with van der Waals surface area (Å²) < 4.78 is 18.7. The lowest BCUT2D eigenvalue weighted by molar-refractivity contribution is -0.385. The van der Waals surface area contributed by atoms with Crippen molar-refractivity contribution in [2.24, 2.45) is 0 Å². The number of nitrogens with one attached hydrogen (secondary N) is 1. The highest BCUT2D eigenvalue weighted by Gasteiger charge is 2.35. The Kier molecular flexibility index (Phi) is 4.85. The molecule has 2 heterocycles. The molecule has 0 spiro atoms. The van der Waals surface area contributed by atoms with Gasteiger partial charge in [0.05, 0.1) is 29.4 Å². The highest BCUT2D eigenvalue weighted by molar-refractivity contribution is 7.14. The second kappa shape index (κ2) is 7.08. The highest BCUT2D eigenvalue weighted by Crippen LogP contribution is 2.33. The van der Waals surface area contributed by atoms with Gasteiger partial charge in [-0.3, -0.25) is 14.9 Å². The third-order valence-electron chi connectivity index (χ3n) is 3.99. The number of ether oxygens (including phenoxy) is 1. The molecule has 1 amide bonds. The van der Waals surface area contributed by atoms with Gasteiger partial charge in [-0.15, -0.1) is 11.3 Å². The van der Waals surface area contributed by atoms with Gasteiger partial charge in [0.1, 0.15) is 11.0 Å². The van der Waals surface area contributed by atoms with Crippen molar-refractivity contribution < 1.29 is 23.6 Å². The molecule has 1 N–H and O–H groups in total. The number of anilines is 2. The van der Waals surface area contributed by atoms with Gasteiger partial charge in [0.2, 0.25) is 5.91 Å². The number of hydrogen-bond acceptors (Lipinski definition) is 7. The minimum absolute atomic E-state index is 0.00942. The van der Waals surface area contributed by atoms with Gasteiger partial charge in [-0.05, 0) is 23.9 Å². The third kappa shape index (κ3) is 3.23. The van der Waals surface area contributed by atoms with E-state index in [4.69, 9.17) is 4.74 Å². The van der Waals surface area contributed by atoms with Crippen molar-refractivity contribution in [2.45, 2.75) is 12.5 Å². The lowest BCUT2D eigenvalue weighted by Gasteiger charge is -2.17. The van der Waals surface area contributed by atoms with Crippen molar-refractivity contribution in [1.29, 1.82) is 0 Å². The summed E-state index contributed by atoms with van der Waals surface area (Å²) in [6.07, 6.45) is 0.397. The van der Waals surface area contributed by atoms with E-state index in [0.29, 0.717) is 23.5 Å². The van der Waals surface area contributed by atoms with Crippen LogP contribution < -0.4 is 10.2 Å². The van der Waals surface area contributed by atoms with Crippen molar-refractivity contribution in [3.63, 3.8) is 0 Å². The number of esters is 1. The van der Waals surface area contributed by atoms with Crippen molar-refractivity contribution in [1.82, 2.24) is 0 Å². The number of nitro benzene ring substituents is 1. The third-order valence-corrected chi connectivity index (χ3v) is 4.93. The normalized spacial score (nSPS) is 16.6. The molecule has 136 valence electrons. The zero-order valence-corrected chi connectivity index (χ0v) is 14.4. The molecule has 10 heteroatoms. The van der Waals surface area contributed by atoms with Crippen molar-refractivity contribution in [2.75, 3.05) is 23.9 Å². The molecular weight excluding hydrogens is 365 g/mol. The van der Waals surface area contributed by atoms with Gasteiger partial charge in [-0.2, -0.15) is 0 Å². The molecule has 3 rings (SSSR count). The van der Waals surface area contributed by atoms with Crippen LogP contribution in [-0.2, 0) is 9.53 Å². The minimum atomic E-state index is -0.808. The van der Waals surface area contributed by atoms with Gasteiger partial charge < -0.3 is 15.0 Å². The zero-order chi connectivity index (χ0) is 18.8. The molecule has 0 bridgehead atoms. The summed E-state index contributed by atoms with van der Waals surface area (Å²) in [5.41, 5.74) is -0.0584. The Morgan fingerprint density at radius 1 is 1.46 bits per heavy atom. The van der Waals surface area contributed by atoms with E-state index in [1.54, 1.807) is 11.4 Å². The Morgan fingerprint density at radius 2 is 2.23 bits per heavy atom. The summed E-state index contributed by atoms with van der Waals surface area (Å²) in [5, 5.41) is 15.6. The first-order valence-electron chi connectivity index (χ1n) is 7.60. The molecule has 1 saturated heterocycles. The number of nitro groups is 1. The maximum absolute atomic E-state index is 14.0. The van der Waals surface area contributed by atoms with Crippen LogP contribution in [0.5, 0.6) is 0 Å². The molecule has 0 saturated carbocycles. The molecule has 1 unspecified atom stereocenters. The second-order valence-corrected chi connectivity index (χ2v) is 6.42. The Bertz CT molecular complexity index is 885. The van der Waals surface area contributed by atoms with Crippen molar-refractivity contribution >= 4 is 39.6 Å². The number of halogens is 1. The number of amides is 1. The fourth-order valence-electron chi connectivity index (χ4n) is 2.71. The molecule has 1 aliphatic rings. The first-order chi connectivity index (χ1) is 12.4. The van der Waals surface area contributed by atoms with Gasteiger partial charge in [0.25, 0.3) is 5.69 Å². The van der Waals surface area contributed by atoms with Crippen LogP contribution in [0.15, 0.2) is 29.6 Å². The van der Waals surface area contributed by atoms with E-state index in [0.717, 1.165) is 12.1 Å². The van der Waals surface area contributed by atoms with E-state index in [1.807, 2.05) is 0 Å². The molecule has 2 aromatic rings. The van der Waals surface area contributed by atoms with Crippen LogP contribution in [0.2, 0.25) is 0 Å². The number of methoxy groups -OCH3 is 1. The average Bonchev–Trinajstić information content (AvgIpc) is 3.23. The van der Waals surface area contributed by atoms with Gasteiger partial charge in [-0.1, -0.05) is 0 Å². The van der Waals surface area contributed by atoms with Gasteiger partial charge in [-0.25, -0.2) is 9.18 Å². The van der Waals surface area contributed by atoms with Crippen LogP contribution in [0.4, 0.5) is 20.8 Å². The van der Waals surface area contributed by atoms with E-state index >= 15 is 0 Å². The fourth-order valence-corrected chi connectivity index (χ4v) is 3.63. The number of nitrogens with zero attached hydrogens (tertiary/aromatic N) is 2. The first-order valence-corrected chi connectivity index (χ1v) is 8.48. The Morgan fingerprint density at radius 3 is 2.88 bits per heavy atom. The average molecular weight is 379 g/mol. The number of carbonyl (C=O) groups excluding carboxylic acids is 2. The van der Waals surface area contributed by atoms with E-state index in [-0.39, 0.29) is 17.3 Å². The van der Waals surface area contributed by atoms with Gasteiger partial charge >= 0.3 is 5.97 Å². The minimum Gasteiger partial charge on any atom is -0.465 e. The number of non-ortho nitro benzene ring substituents is 1. The van der Waals surface area contributed by atoms with Crippen LogP contribution in [-0.4, -0.2) is 36.5 Å². The second-order valence-electron chi connectivity index (χ2n) is 5.53. The smallest absolute Gasteiger partial charge is 0.340 e. The van der Waals surface area contributed by atoms with E-state index in [2.05, 4.69) is 5.32 Å². The quantitative estimate of drug-likeness (QED) is 0.487. The maximum atomic E-state index is 14.0. The molecule has 1 atom stereocenters.